The summed E-state index contributed by atoms with van der Waals surface area (Å²) in [6.07, 6.45) is 0. The van der Waals surface area contributed by atoms with Gasteiger partial charge in [-0.2, -0.15) is 0 Å². The predicted octanol–water partition coefficient (Wildman–Crippen LogP) is 1.73. The Morgan fingerprint density at radius 3 is 2.14 bits per heavy atom. The van der Waals surface area contributed by atoms with Crippen LogP contribution in [0.3, 0.4) is 0 Å². The Morgan fingerprint density at radius 2 is 2.14 bits per heavy atom. The van der Waals surface area contributed by atoms with Gasteiger partial charge in [0.25, 0.3) is 0 Å². The molecule has 0 saturated carbocycles. The van der Waals surface area contributed by atoms with Crippen molar-refractivity contribution in [3.05, 3.63) is 0 Å². The van der Waals surface area contributed by atoms with Gasteiger partial charge in [0.05, 0.1) is 0 Å². The van der Waals surface area contributed by atoms with Crippen LogP contribution in [0, 0.1) is 0 Å². The van der Waals surface area contributed by atoms with Gasteiger partial charge < -0.3 is 0 Å². The number of hydrogen-bond acceptors (Lipinski definition) is 2. The number of halogens is 2. The van der Waals surface area contributed by atoms with Crippen LogP contribution in [0.5, 0.6) is 0 Å². The molecule has 0 amide bonds. The zero-order chi connectivity index (χ0) is 5.86. The van der Waals surface area contributed by atoms with Gasteiger partial charge in [0, 0.05) is 0 Å². The molecule has 0 rings (SSSR count). The number of carbonyl (C=O) groups is 1. The van der Waals surface area contributed by atoms with Crippen molar-refractivity contribution in [2.75, 3.05) is 5.88 Å². The molecule has 0 fully saturated rings. The van der Waals surface area contributed by atoms with Gasteiger partial charge in [-0.1, -0.05) is 0 Å². The third-order valence-corrected chi connectivity index (χ3v) is 1.86. The van der Waals surface area contributed by atoms with Crippen LogP contribution in [-0.4, -0.2) is 11.4 Å². The molecule has 0 aliphatic heterocycles. The Balaban J connectivity index is 3.58. The molecule has 0 aliphatic rings. The molecule has 0 aromatic heterocycles. The summed E-state index contributed by atoms with van der Waals surface area (Å²) in [5, 5.41) is 0. The van der Waals surface area contributed by atoms with Crippen LogP contribution in [0.1, 0.15) is 0 Å². The molecular formula is C2H2Cl2O2P+. The van der Waals surface area contributed by atoms with Crippen LogP contribution < -0.4 is 0 Å². The molecule has 0 radical (unpaired) electrons. The van der Waals surface area contributed by atoms with E-state index >= 15 is 0 Å². The molecule has 2 nitrogen and oxygen atoms in total. The Hall–Kier alpha value is 0.350. The van der Waals surface area contributed by atoms with E-state index in [0.29, 0.717) is 0 Å². The summed E-state index contributed by atoms with van der Waals surface area (Å²) < 4.78 is 9.85. The fourth-order valence-electron chi connectivity index (χ4n) is 0.0470. The largest absolute Gasteiger partial charge is 0.533 e. The van der Waals surface area contributed by atoms with Crippen LogP contribution in [0.25, 0.3) is 0 Å². The van der Waals surface area contributed by atoms with E-state index in [1.807, 2.05) is 0 Å². The van der Waals surface area contributed by atoms with Gasteiger partial charge in [0.1, 0.15) is 5.88 Å². The Labute approximate surface area is 51.4 Å². The zero-order valence-electron chi connectivity index (χ0n) is 3.23. The molecule has 0 heterocycles. The van der Waals surface area contributed by atoms with Crippen molar-refractivity contribution >= 4 is 35.5 Å². The molecule has 40 valence electrons. The van der Waals surface area contributed by atoms with E-state index in [2.05, 4.69) is 0 Å². The first-order chi connectivity index (χ1) is 3.18. The van der Waals surface area contributed by atoms with Crippen molar-refractivity contribution in [1.82, 2.24) is 0 Å². The van der Waals surface area contributed by atoms with Gasteiger partial charge in [-0.15, -0.1) is 11.6 Å². The van der Waals surface area contributed by atoms with Crippen molar-refractivity contribution in [3.8, 4) is 0 Å². The lowest BCUT2D eigenvalue weighted by molar-refractivity contribution is -0.109. The number of carbonyl (C=O) groups excluding carboxylic acids is 1. The first-order valence-electron chi connectivity index (χ1n) is 1.40. The van der Waals surface area contributed by atoms with Gasteiger partial charge in [-0.05, 0) is 4.57 Å². The number of rotatable bonds is 2. The van der Waals surface area contributed by atoms with E-state index < -0.39 is 12.7 Å². The Bertz CT molecular complexity index is 102. The minimum absolute atomic E-state index is 0.265. The van der Waals surface area contributed by atoms with E-state index in [1.165, 1.54) is 0 Å². The summed E-state index contributed by atoms with van der Waals surface area (Å²) in [7, 11) is -2.21. The monoisotopic (exact) mass is 159 g/mol. The minimum atomic E-state index is -2.21. The highest BCUT2D eigenvalue weighted by Gasteiger charge is 2.23. The first-order valence-corrected chi connectivity index (χ1v) is 4.10. The molecule has 0 N–H and O–H groups in total. The normalized spacial score (nSPS) is 10.9. The first kappa shape index (κ1) is 7.35. The van der Waals surface area contributed by atoms with E-state index in [1.54, 1.807) is 0 Å². The lowest BCUT2D eigenvalue weighted by Gasteiger charge is -1.63. The van der Waals surface area contributed by atoms with Crippen LogP contribution >= 0.6 is 30.0 Å². The van der Waals surface area contributed by atoms with Crippen molar-refractivity contribution in [3.63, 3.8) is 0 Å². The average Bonchev–Trinajstić information content (AvgIpc) is 1.65. The van der Waals surface area contributed by atoms with Gasteiger partial charge >= 0.3 is 12.7 Å². The maximum Gasteiger partial charge on any atom is 0.533 e. The average molecular weight is 160 g/mol. The standard InChI is InChI=1S/C2H2Cl2O2P/c3-1-2(5)7(4)6/h1H2/q+1. The molecule has 1 unspecified atom stereocenters. The van der Waals surface area contributed by atoms with E-state index in [0.717, 1.165) is 0 Å². The molecular weight excluding hydrogens is 158 g/mol. The van der Waals surface area contributed by atoms with Crippen molar-refractivity contribution in [1.29, 1.82) is 0 Å². The third-order valence-electron chi connectivity index (χ3n) is 0.310. The van der Waals surface area contributed by atoms with Crippen LogP contribution in [-0.2, 0) is 9.36 Å². The summed E-state index contributed by atoms with van der Waals surface area (Å²) in [5.74, 6) is -0.265. The van der Waals surface area contributed by atoms with Crippen molar-refractivity contribution < 1.29 is 9.36 Å². The molecule has 0 saturated heterocycles. The summed E-state index contributed by atoms with van der Waals surface area (Å²) >= 11 is 9.73. The number of hydrogen-bond donors (Lipinski definition) is 0. The smallest absolute Gasteiger partial charge is 0.237 e. The SMILES string of the molecule is O=C(CCl)[P+](=O)Cl. The highest BCUT2D eigenvalue weighted by atomic mass is 35.7. The third kappa shape index (κ3) is 2.98. The highest BCUT2D eigenvalue weighted by molar-refractivity contribution is 7.87. The summed E-state index contributed by atoms with van der Waals surface area (Å²) in [6, 6.07) is 0. The molecule has 7 heavy (non-hydrogen) atoms. The number of alkyl halides is 1. The zero-order valence-corrected chi connectivity index (χ0v) is 5.63. The Kier molecular flexibility index (Phi) is 3.53. The van der Waals surface area contributed by atoms with Crippen LogP contribution in [0.15, 0.2) is 0 Å². The summed E-state index contributed by atoms with van der Waals surface area (Å²) in [4.78, 5) is 9.96. The van der Waals surface area contributed by atoms with Gasteiger partial charge in [0.15, 0.2) is 0 Å². The molecule has 0 aromatic rings. The summed E-state index contributed by atoms with van der Waals surface area (Å²) in [6.45, 7) is 0. The molecule has 1 atom stereocenters. The van der Waals surface area contributed by atoms with Crippen LogP contribution in [0.4, 0.5) is 0 Å². The lowest BCUT2D eigenvalue weighted by atomic mass is 10.9. The molecule has 0 bridgehead atoms. The predicted molar refractivity (Wildman–Crippen MR) is 29.2 cm³/mol. The maximum atomic E-state index is 9.96. The molecule has 0 aliphatic carbocycles. The lowest BCUT2D eigenvalue weighted by Crippen LogP contribution is -1.86. The second-order valence-electron chi connectivity index (χ2n) is 0.772. The molecule has 0 spiro atoms. The maximum absolute atomic E-state index is 9.96. The van der Waals surface area contributed by atoms with E-state index in [-0.39, 0.29) is 5.88 Å². The van der Waals surface area contributed by atoms with Gasteiger partial charge in [-0.3, -0.25) is 0 Å². The van der Waals surface area contributed by atoms with E-state index in [4.69, 9.17) is 22.8 Å². The second kappa shape index (κ2) is 3.36. The fourth-order valence-corrected chi connectivity index (χ4v) is 0.829. The topological polar surface area (TPSA) is 34.1 Å². The highest BCUT2D eigenvalue weighted by Crippen LogP contribution is 2.27. The van der Waals surface area contributed by atoms with E-state index in [9.17, 15) is 9.36 Å². The van der Waals surface area contributed by atoms with Crippen molar-refractivity contribution in [2.45, 2.75) is 0 Å². The second-order valence-corrected chi connectivity index (χ2v) is 2.95. The van der Waals surface area contributed by atoms with Crippen LogP contribution in [0.2, 0.25) is 0 Å². The fraction of sp³-hybridized carbons (Fsp3) is 0.500. The quantitative estimate of drug-likeness (QED) is 0.455. The Morgan fingerprint density at radius 1 is 1.71 bits per heavy atom. The van der Waals surface area contributed by atoms with Gasteiger partial charge in [-0.25, -0.2) is 4.79 Å². The summed E-state index contributed by atoms with van der Waals surface area (Å²) in [5.41, 5.74) is -0.613. The molecule has 5 heteroatoms. The van der Waals surface area contributed by atoms with Crippen molar-refractivity contribution in [2.24, 2.45) is 0 Å². The molecule has 0 aromatic carbocycles. The van der Waals surface area contributed by atoms with Gasteiger partial charge in [0.2, 0.25) is 11.2 Å². The minimum Gasteiger partial charge on any atom is -0.237 e.